The van der Waals surface area contributed by atoms with Crippen LogP contribution in [0.5, 0.6) is 0 Å². The summed E-state index contributed by atoms with van der Waals surface area (Å²) in [6.07, 6.45) is 4.46. The number of carboxylic acid groups (broad SMARTS) is 1. The van der Waals surface area contributed by atoms with Crippen LogP contribution in [-0.2, 0) is 11.3 Å². The Morgan fingerprint density at radius 3 is 2.38 bits per heavy atom. The van der Waals surface area contributed by atoms with Gasteiger partial charge in [-0.25, -0.2) is 0 Å². The quantitative estimate of drug-likeness (QED) is 0.548. The first kappa shape index (κ1) is 21.9. The van der Waals surface area contributed by atoms with E-state index >= 15 is 0 Å². The molecular formula is C23H30BClN2O2. The zero-order valence-electron chi connectivity index (χ0n) is 17.0. The lowest BCUT2D eigenvalue weighted by molar-refractivity contribution is -0.145. The van der Waals surface area contributed by atoms with Crippen molar-refractivity contribution in [1.29, 1.82) is 0 Å². The standard InChI is InChI=1S/C23H30BClN2O2/c24-11-1-2-20-12-17(13-23(20,26)22(28)29)15-27-14-16-3-5-18(6-4-16)19-7-9-21(25)10-8-19/h3-10,17,20,27H,1-2,11-15,24,26H2,(H,28,29)/t17-,20-,23-/m0/s1. The van der Waals surface area contributed by atoms with E-state index in [2.05, 4.69) is 37.4 Å². The van der Waals surface area contributed by atoms with Crippen LogP contribution in [0, 0.1) is 11.8 Å². The van der Waals surface area contributed by atoms with E-state index in [1.54, 1.807) is 0 Å². The molecule has 3 atom stereocenters. The van der Waals surface area contributed by atoms with E-state index in [-0.39, 0.29) is 5.92 Å². The maximum absolute atomic E-state index is 11.8. The van der Waals surface area contributed by atoms with Gasteiger partial charge in [-0.05, 0) is 66.5 Å². The van der Waals surface area contributed by atoms with Crippen molar-refractivity contribution in [2.75, 3.05) is 6.54 Å². The molecule has 4 nitrogen and oxygen atoms in total. The van der Waals surface area contributed by atoms with Crippen LogP contribution in [0.1, 0.15) is 31.2 Å². The normalized spacial score (nSPS) is 23.9. The molecule has 0 bridgehead atoms. The molecule has 0 spiro atoms. The number of carbonyl (C=O) groups is 1. The van der Waals surface area contributed by atoms with Gasteiger partial charge in [-0.15, -0.1) is 0 Å². The Kier molecular flexibility index (Phi) is 7.39. The predicted molar refractivity (Wildman–Crippen MR) is 122 cm³/mol. The maximum Gasteiger partial charge on any atom is 0.323 e. The van der Waals surface area contributed by atoms with Gasteiger partial charge in [-0.1, -0.05) is 60.7 Å². The first-order chi connectivity index (χ1) is 13.9. The summed E-state index contributed by atoms with van der Waals surface area (Å²) in [7, 11) is 2.13. The molecule has 6 heteroatoms. The molecule has 3 rings (SSSR count). The third kappa shape index (κ3) is 5.41. The number of nitrogens with two attached hydrogens (primary N) is 1. The van der Waals surface area contributed by atoms with E-state index in [9.17, 15) is 9.90 Å². The molecule has 2 aromatic carbocycles. The lowest BCUT2D eigenvalue weighted by atomic mass is 9.83. The summed E-state index contributed by atoms with van der Waals surface area (Å²) >= 11 is 5.96. The van der Waals surface area contributed by atoms with Crippen molar-refractivity contribution in [1.82, 2.24) is 5.32 Å². The minimum Gasteiger partial charge on any atom is -0.480 e. The van der Waals surface area contributed by atoms with Gasteiger partial charge in [0.05, 0.1) is 0 Å². The second kappa shape index (κ2) is 9.79. The molecular weight excluding hydrogens is 383 g/mol. The Bertz CT molecular complexity index is 813. The van der Waals surface area contributed by atoms with Gasteiger partial charge in [0.2, 0.25) is 0 Å². The third-order valence-corrected chi connectivity index (χ3v) is 6.42. The Morgan fingerprint density at radius 1 is 1.17 bits per heavy atom. The Labute approximate surface area is 179 Å². The van der Waals surface area contributed by atoms with Crippen molar-refractivity contribution < 1.29 is 9.90 Å². The van der Waals surface area contributed by atoms with Crippen LogP contribution < -0.4 is 11.1 Å². The molecule has 0 unspecified atom stereocenters. The Morgan fingerprint density at radius 2 is 1.79 bits per heavy atom. The average Bonchev–Trinajstić information content (AvgIpc) is 3.04. The molecule has 1 saturated carbocycles. The van der Waals surface area contributed by atoms with E-state index in [1.807, 2.05) is 24.3 Å². The zero-order chi connectivity index (χ0) is 20.9. The summed E-state index contributed by atoms with van der Waals surface area (Å²) in [5.41, 5.74) is 8.75. The van der Waals surface area contributed by atoms with Gasteiger partial charge in [0.1, 0.15) is 13.4 Å². The van der Waals surface area contributed by atoms with E-state index < -0.39 is 11.5 Å². The van der Waals surface area contributed by atoms with E-state index in [0.717, 1.165) is 54.8 Å². The molecule has 0 saturated heterocycles. The van der Waals surface area contributed by atoms with Crippen LogP contribution in [-0.4, -0.2) is 31.0 Å². The van der Waals surface area contributed by atoms with Crippen molar-refractivity contribution >= 4 is 25.4 Å². The van der Waals surface area contributed by atoms with Crippen LogP contribution in [0.4, 0.5) is 0 Å². The first-order valence-electron chi connectivity index (χ1n) is 10.5. The largest absolute Gasteiger partial charge is 0.480 e. The highest BCUT2D eigenvalue weighted by Gasteiger charge is 2.49. The Hall–Kier alpha value is -1.82. The fourth-order valence-electron chi connectivity index (χ4n) is 4.46. The molecule has 0 radical (unpaired) electrons. The van der Waals surface area contributed by atoms with Gasteiger partial charge in [-0.3, -0.25) is 4.79 Å². The number of hydrogen-bond acceptors (Lipinski definition) is 3. The molecule has 1 fully saturated rings. The van der Waals surface area contributed by atoms with Crippen LogP contribution in [0.15, 0.2) is 48.5 Å². The monoisotopic (exact) mass is 412 g/mol. The highest BCUT2D eigenvalue weighted by atomic mass is 35.5. The first-order valence-corrected chi connectivity index (χ1v) is 10.9. The number of nitrogens with one attached hydrogen (secondary N) is 1. The summed E-state index contributed by atoms with van der Waals surface area (Å²) in [5, 5.41) is 13.9. The van der Waals surface area contributed by atoms with Gasteiger partial charge in [0.15, 0.2) is 0 Å². The van der Waals surface area contributed by atoms with Gasteiger partial charge in [0.25, 0.3) is 0 Å². The summed E-state index contributed by atoms with van der Waals surface area (Å²) in [6.45, 7) is 1.56. The molecule has 0 heterocycles. The highest BCUT2D eigenvalue weighted by molar-refractivity contribution is 6.30. The lowest BCUT2D eigenvalue weighted by Gasteiger charge is -2.26. The molecule has 154 valence electrons. The molecule has 29 heavy (non-hydrogen) atoms. The molecule has 0 aromatic heterocycles. The SMILES string of the molecule is BCCC[C@H]1C[C@H](CNCc2ccc(-c3ccc(Cl)cc3)cc2)C[C@@]1(N)C(=O)O. The lowest BCUT2D eigenvalue weighted by Crippen LogP contribution is -2.51. The molecule has 1 aliphatic rings. The highest BCUT2D eigenvalue weighted by Crippen LogP contribution is 2.41. The van der Waals surface area contributed by atoms with E-state index in [0.29, 0.717) is 12.3 Å². The predicted octanol–water partition coefficient (Wildman–Crippen LogP) is 3.74. The van der Waals surface area contributed by atoms with Gasteiger partial charge >= 0.3 is 5.97 Å². The van der Waals surface area contributed by atoms with Crippen LogP contribution in [0.2, 0.25) is 11.3 Å². The minimum atomic E-state index is -1.07. The van der Waals surface area contributed by atoms with Crippen LogP contribution in [0.3, 0.4) is 0 Å². The summed E-state index contributed by atoms with van der Waals surface area (Å²) in [4.78, 5) is 11.8. The van der Waals surface area contributed by atoms with Crippen molar-refractivity contribution in [3.8, 4) is 11.1 Å². The maximum atomic E-state index is 11.8. The van der Waals surface area contributed by atoms with E-state index in [1.165, 1.54) is 5.56 Å². The third-order valence-electron chi connectivity index (χ3n) is 6.17. The Balaban J connectivity index is 1.52. The average molecular weight is 413 g/mol. The summed E-state index contributed by atoms with van der Waals surface area (Å²) in [6, 6.07) is 16.3. The summed E-state index contributed by atoms with van der Waals surface area (Å²) < 4.78 is 0. The smallest absolute Gasteiger partial charge is 0.323 e. The molecule has 1 aliphatic carbocycles. The van der Waals surface area contributed by atoms with Crippen molar-refractivity contribution in [2.45, 2.75) is 44.1 Å². The molecule has 0 amide bonds. The van der Waals surface area contributed by atoms with Crippen molar-refractivity contribution in [3.63, 3.8) is 0 Å². The van der Waals surface area contributed by atoms with Gasteiger partial charge in [0, 0.05) is 11.6 Å². The second-order valence-corrected chi connectivity index (χ2v) is 8.76. The van der Waals surface area contributed by atoms with Crippen molar-refractivity contribution in [2.24, 2.45) is 17.6 Å². The number of aliphatic carboxylic acids is 1. The number of benzene rings is 2. The zero-order valence-corrected chi connectivity index (χ0v) is 17.8. The molecule has 4 N–H and O–H groups in total. The molecule has 0 aliphatic heterocycles. The fraction of sp³-hybridized carbons (Fsp3) is 0.435. The van der Waals surface area contributed by atoms with E-state index in [4.69, 9.17) is 17.3 Å². The van der Waals surface area contributed by atoms with Crippen LogP contribution >= 0.6 is 11.6 Å². The minimum absolute atomic E-state index is 0.0745. The topological polar surface area (TPSA) is 75.3 Å². The second-order valence-electron chi connectivity index (χ2n) is 8.33. The van der Waals surface area contributed by atoms with Gasteiger partial charge in [-0.2, -0.15) is 0 Å². The van der Waals surface area contributed by atoms with Gasteiger partial charge < -0.3 is 16.2 Å². The summed E-state index contributed by atoms with van der Waals surface area (Å²) in [5.74, 6) is -0.462. The number of rotatable bonds is 9. The number of carboxylic acids is 1. The number of hydrogen-bond donors (Lipinski definition) is 3. The number of halogens is 1. The molecule has 2 aromatic rings. The van der Waals surface area contributed by atoms with Crippen molar-refractivity contribution in [3.05, 3.63) is 59.1 Å². The fourth-order valence-corrected chi connectivity index (χ4v) is 4.59. The van der Waals surface area contributed by atoms with Crippen LogP contribution in [0.25, 0.3) is 11.1 Å².